The fourth-order valence-corrected chi connectivity index (χ4v) is 9.56. The summed E-state index contributed by atoms with van der Waals surface area (Å²) < 4.78 is 11.3. The van der Waals surface area contributed by atoms with Gasteiger partial charge in [-0.25, -0.2) is 0 Å². The topological polar surface area (TPSA) is 149 Å². The molecule has 7 atom stereocenters. The van der Waals surface area contributed by atoms with Crippen molar-refractivity contribution in [3.05, 3.63) is 134 Å². The Hall–Kier alpha value is -3.67. The number of carbonyl (C=O) groups is 1. The van der Waals surface area contributed by atoms with Crippen LogP contribution in [0.5, 0.6) is 0 Å². The molecule has 1 aliphatic heterocycles. The Balaban J connectivity index is 2.18. The fourth-order valence-electron chi connectivity index (χ4n) is 9.56. The number of allylic oxidation sites excluding steroid dienone is 21. The van der Waals surface area contributed by atoms with Gasteiger partial charge in [0.05, 0.1) is 25.4 Å². The van der Waals surface area contributed by atoms with Crippen molar-refractivity contribution < 1.29 is 39.8 Å². The van der Waals surface area contributed by atoms with Crippen molar-refractivity contribution in [1.29, 1.82) is 0 Å². The monoisotopic (exact) mass is 1130 g/mol. The van der Waals surface area contributed by atoms with E-state index in [1.165, 1.54) is 128 Å². The summed E-state index contributed by atoms with van der Waals surface area (Å²) in [7, 11) is 0. The molecule has 6 N–H and O–H groups in total. The van der Waals surface area contributed by atoms with Crippen molar-refractivity contribution >= 4 is 5.91 Å². The summed E-state index contributed by atoms with van der Waals surface area (Å²) >= 11 is 0. The Morgan fingerprint density at radius 3 is 1.19 bits per heavy atom. The highest BCUT2D eigenvalue weighted by Gasteiger charge is 2.44. The van der Waals surface area contributed by atoms with Crippen LogP contribution in [-0.4, -0.2) is 87.5 Å². The maximum atomic E-state index is 13.1. The molecule has 0 aromatic carbocycles. The van der Waals surface area contributed by atoms with E-state index in [1.807, 2.05) is 6.08 Å². The maximum absolute atomic E-state index is 13.1. The van der Waals surface area contributed by atoms with Crippen LogP contribution in [0.4, 0.5) is 0 Å². The van der Waals surface area contributed by atoms with E-state index in [9.17, 15) is 30.3 Å². The number of rotatable bonds is 55. The molecule has 1 aliphatic rings. The van der Waals surface area contributed by atoms with E-state index in [4.69, 9.17) is 9.47 Å². The summed E-state index contributed by atoms with van der Waals surface area (Å²) in [5.41, 5.74) is 0. The minimum absolute atomic E-state index is 0.197. The smallest absolute Gasteiger partial charge is 0.220 e. The highest BCUT2D eigenvalue weighted by Crippen LogP contribution is 2.23. The van der Waals surface area contributed by atoms with Crippen molar-refractivity contribution in [2.45, 2.75) is 301 Å². The molecule has 0 aromatic heterocycles. The quantitative estimate of drug-likeness (QED) is 0.0261. The Morgan fingerprint density at radius 2 is 0.778 bits per heavy atom. The van der Waals surface area contributed by atoms with Gasteiger partial charge < -0.3 is 40.3 Å². The standard InChI is InChI=1S/C72H121NO8/c1-3-5-7-9-11-13-15-17-19-21-23-25-26-27-28-29-30-31-32-33-34-35-36-37-38-39-40-42-44-46-48-50-52-54-56-58-60-62-68(76)73-65(64-80-72-71(79)70(78)69(77)67(63-74)81-72)66(75)61-59-57-55-53-51-49-47-45-43-41-24-22-20-18-16-14-12-10-8-6-4-2/h5,7,11,13,17,19,23,25,27-28,30-31,33-34,36-37,43,45,51,53,59,61,65-67,69-72,74-75,77-79H,3-4,6,8-10,12,14-16,18,20-22,24,26,29,32,35,38-42,44,46-50,52,54-58,60,62-64H2,1-2H3,(H,73,76)/b7-5-,13-11-,19-17-,25-23-,28-27-,31-30-,34-33-,37-36-,45-43+,53-51+,61-59+. The second-order valence-electron chi connectivity index (χ2n) is 22.2. The number of nitrogens with one attached hydrogen (secondary N) is 1. The van der Waals surface area contributed by atoms with E-state index in [-0.39, 0.29) is 12.5 Å². The Kier molecular flexibility index (Phi) is 55.3. The Bertz CT molecular complexity index is 1740. The molecule has 1 rings (SSSR count). The molecule has 7 unspecified atom stereocenters. The summed E-state index contributed by atoms with van der Waals surface area (Å²) in [6.07, 6.45) is 83.9. The summed E-state index contributed by atoms with van der Waals surface area (Å²) in [6, 6.07) is -0.839. The summed E-state index contributed by atoms with van der Waals surface area (Å²) in [5, 5.41) is 54.6. The minimum atomic E-state index is -1.58. The van der Waals surface area contributed by atoms with E-state index >= 15 is 0 Å². The molecule has 462 valence electrons. The first kappa shape index (κ1) is 75.3. The number of amides is 1. The SMILES string of the molecule is CC/C=C\C/C=C\C/C=C\C/C=C\C/C=C\C/C=C\C/C=C\C/C=C\CCCCCCCCCCCCCCC(=O)NC(COC1OC(CO)C(O)C(O)C1O)C(O)/C=C/CC/C=C/CC/C=C/CCCCCCCCCCCCC. The summed E-state index contributed by atoms with van der Waals surface area (Å²) in [4.78, 5) is 13.1. The van der Waals surface area contributed by atoms with Crippen LogP contribution in [0.25, 0.3) is 0 Å². The van der Waals surface area contributed by atoms with Gasteiger partial charge in [0.25, 0.3) is 0 Å². The van der Waals surface area contributed by atoms with Crippen LogP contribution in [0, 0.1) is 0 Å². The number of aliphatic hydroxyl groups excluding tert-OH is 5. The number of hydrogen-bond donors (Lipinski definition) is 6. The van der Waals surface area contributed by atoms with Gasteiger partial charge >= 0.3 is 0 Å². The second-order valence-corrected chi connectivity index (χ2v) is 22.2. The van der Waals surface area contributed by atoms with Crippen molar-refractivity contribution in [1.82, 2.24) is 5.32 Å². The number of aliphatic hydroxyl groups is 5. The number of ether oxygens (including phenoxy) is 2. The third-order valence-electron chi connectivity index (χ3n) is 14.7. The van der Waals surface area contributed by atoms with E-state index in [0.29, 0.717) is 6.42 Å². The van der Waals surface area contributed by atoms with E-state index < -0.39 is 49.5 Å². The van der Waals surface area contributed by atoms with Crippen LogP contribution in [0.1, 0.15) is 258 Å². The molecule has 0 radical (unpaired) electrons. The van der Waals surface area contributed by atoms with Gasteiger partial charge in [-0.15, -0.1) is 0 Å². The summed E-state index contributed by atoms with van der Waals surface area (Å²) in [6.45, 7) is 3.65. The van der Waals surface area contributed by atoms with Gasteiger partial charge in [-0.2, -0.15) is 0 Å². The minimum Gasteiger partial charge on any atom is -0.394 e. The van der Waals surface area contributed by atoms with Gasteiger partial charge in [-0.1, -0.05) is 276 Å². The third-order valence-corrected chi connectivity index (χ3v) is 14.7. The van der Waals surface area contributed by atoms with Crippen molar-refractivity contribution in [2.75, 3.05) is 13.2 Å². The van der Waals surface area contributed by atoms with Crippen LogP contribution < -0.4 is 5.32 Å². The first-order chi connectivity index (χ1) is 39.8. The third kappa shape index (κ3) is 48.4. The summed E-state index contributed by atoms with van der Waals surface area (Å²) in [5.74, 6) is -0.197. The molecule has 1 amide bonds. The van der Waals surface area contributed by atoms with Crippen LogP contribution >= 0.6 is 0 Å². The number of hydrogen-bond acceptors (Lipinski definition) is 8. The van der Waals surface area contributed by atoms with Crippen LogP contribution in [0.15, 0.2) is 134 Å². The molecule has 9 heteroatoms. The van der Waals surface area contributed by atoms with Gasteiger partial charge in [0, 0.05) is 6.42 Å². The van der Waals surface area contributed by atoms with Gasteiger partial charge in [0.1, 0.15) is 24.4 Å². The largest absolute Gasteiger partial charge is 0.394 e. The van der Waals surface area contributed by atoms with Gasteiger partial charge in [0.2, 0.25) is 5.91 Å². The highest BCUT2D eigenvalue weighted by molar-refractivity contribution is 5.76. The molecule has 1 heterocycles. The fraction of sp³-hybridized carbons (Fsp3) is 0.681. The Labute approximate surface area is 496 Å². The van der Waals surface area contributed by atoms with E-state index in [0.717, 1.165) is 109 Å². The van der Waals surface area contributed by atoms with Crippen molar-refractivity contribution in [2.24, 2.45) is 0 Å². The molecule has 0 aromatic rings. The zero-order valence-corrected chi connectivity index (χ0v) is 51.5. The normalized spacial score (nSPS) is 19.3. The Morgan fingerprint density at radius 1 is 0.432 bits per heavy atom. The maximum Gasteiger partial charge on any atom is 0.220 e. The van der Waals surface area contributed by atoms with Gasteiger partial charge in [0.15, 0.2) is 6.29 Å². The first-order valence-corrected chi connectivity index (χ1v) is 32.9. The predicted octanol–water partition coefficient (Wildman–Crippen LogP) is 17.6. The average Bonchev–Trinajstić information content (AvgIpc) is 3.49. The lowest BCUT2D eigenvalue weighted by Crippen LogP contribution is -2.60. The molecule has 0 aliphatic carbocycles. The van der Waals surface area contributed by atoms with Gasteiger partial charge in [-0.05, 0) is 109 Å². The predicted molar refractivity (Wildman–Crippen MR) is 345 cm³/mol. The van der Waals surface area contributed by atoms with Crippen molar-refractivity contribution in [3.63, 3.8) is 0 Å². The molecule has 81 heavy (non-hydrogen) atoms. The zero-order chi connectivity index (χ0) is 58.6. The zero-order valence-electron chi connectivity index (χ0n) is 51.5. The number of unbranched alkanes of at least 4 members (excludes halogenated alkanes) is 25. The van der Waals surface area contributed by atoms with Crippen LogP contribution in [0.3, 0.4) is 0 Å². The van der Waals surface area contributed by atoms with Crippen LogP contribution in [0.2, 0.25) is 0 Å². The molecule has 9 nitrogen and oxygen atoms in total. The van der Waals surface area contributed by atoms with Gasteiger partial charge in [-0.3, -0.25) is 4.79 Å². The number of carbonyl (C=O) groups excluding carboxylic acids is 1. The average molecular weight is 1130 g/mol. The van der Waals surface area contributed by atoms with E-state index in [2.05, 4.69) is 141 Å². The molecule has 0 spiro atoms. The molecular weight excluding hydrogens is 1010 g/mol. The molecule has 0 saturated carbocycles. The lowest BCUT2D eigenvalue weighted by molar-refractivity contribution is -0.302. The molecule has 1 saturated heterocycles. The van der Waals surface area contributed by atoms with Crippen LogP contribution in [-0.2, 0) is 14.3 Å². The second kappa shape index (κ2) is 59.5. The van der Waals surface area contributed by atoms with Crippen molar-refractivity contribution in [3.8, 4) is 0 Å². The first-order valence-electron chi connectivity index (χ1n) is 32.9. The molecule has 0 bridgehead atoms. The molecule has 1 fully saturated rings. The lowest BCUT2D eigenvalue weighted by atomic mass is 9.99. The molecular formula is C72H121NO8. The highest BCUT2D eigenvalue weighted by atomic mass is 16.7. The lowest BCUT2D eigenvalue weighted by Gasteiger charge is -2.40. The van der Waals surface area contributed by atoms with E-state index in [1.54, 1.807) is 6.08 Å².